The Labute approximate surface area is 109 Å². The number of rotatable bonds is 1. The maximum absolute atomic E-state index is 11.8. The molecule has 0 aliphatic carbocycles. The summed E-state index contributed by atoms with van der Waals surface area (Å²) in [6, 6.07) is 5.52. The second kappa shape index (κ2) is 5.06. The molecule has 0 unspecified atom stereocenters. The lowest BCUT2D eigenvalue weighted by atomic mass is 10.2. The number of anilines is 1. The summed E-state index contributed by atoms with van der Waals surface area (Å²) in [5, 5.41) is 12.2. The van der Waals surface area contributed by atoms with Gasteiger partial charge in [-0.25, -0.2) is 4.79 Å². The molecule has 17 heavy (non-hydrogen) atoms. The quantitative estimate of drug-likeness (QED) is 0.836. The molecule has 5 heteroatoms. The summed E-state index contributed by atoms with van der Waals surface area (Å²) < 4.78 is 1.02. The number of hydrogen-bond acceptors (Lipinski definition) is 2. The van der Waals surface area contributed by atoms with Gasteiger partial charge in [-0.3, -0.25) is 0 Å². The number of carbonyl (C=O) groups excluding carboxylic acids is 1. The number of halogens is 1. The predicted octanol–water partition coefficient (Wildman–Crippen LogP) is 2.36. The second-order valence-electron chi connectivity index (χ2n) is 4.28. The summed E-state index contributed by atoms with van der Waals surface area (Å²) in [6.07, 6.45) is 0.277. The maximum Gasteiger partial charge on any atom is 0.321 e. The lowest BCUT2D eigenvalue weighted by molar-refractivity contribution is 0.176. The van der Waals surface area contributed by atoms with E-state index in [2.05, 4.69) is 21.2 Å². The standard InChI is InChI=1S/C12H15BrN2O2/c1-8-6-9(2-3-11(8)13)14-12(17)15-5-4-10(16)7-15/h2-3,6,10,16H,4-5,7H2,1H3,(H,14,17)/t10-/m0/s1. The van der Waals surface area contributed by atoms with Crippen molar-refractivity contribution in [3.05, 3.63) is 28.2 Å². The average Bonchev–Trinajstić information content (AvgIpc) is 2.70. The van der Waals surface area contributed by atoms with E-state index in [1.165, 1.54) is 0 Å². The van der Waals surface area contributed by atoms with Gasteiger partial charge in [0.25, 0.3) is 0 Å². The van der Waals surface area contributed by atoms with Crippen LogP contribution in [0.4, 0.5) is 10.5 Å². The molecule has 1 aromatic carbocycles. The minimum Gasteiger partial charge on any atom is -0.391 e. The molecule has 1 aliphatic heterocycles. The van der Waals surface area contributed by atoms with Crippen molar-refractivity contribution in [1.29, 1.82) is 0 Å². The fourth-order valence-electron chi connectivity index (χ4n) is 1.85. The van der Waals surface area contributed by atoms with Crippen molar-refractivity contribution in [1.82, 2.24) is 4.90 Å². The van der Waals surface area contributed by atoms with E-state index < -0.39 is 0 Å². The van der Waals surface area contributed by atoms with Crippen molar-refractivity contribution in [3.63, 3.8) is 0 Å². The number of amides is 2. The number of nitrogens with one attached hydrogen (secondary N) is 1. The highest BCUT2D eigenvalue weighted by molar-refractivity contribution is 9.10. The van der Waals surface area contributed by atoms with Crippen LogP contribution in [0.5, 0.6) is 0 Å². The number of hydrogen-bond donors (Lipinski definition) is 2. The van der Waals surface area contributed by atoms with Crippen LogP contribution in [0.3, 0.4) is 0 Å². The fourth-order valence-corrected chi connectivity index (χ4v) is 2.10. The van der Waals surface area contributed by atoms with Crippen molar-refractivity contribution in [2.24, 2.45) is 0 Å². The number of likely N-dealkylation sites (tertiary alicyclic amines) is 1. The van der Waals surface area contributed by atoms with Gasteiger partial charge in [0.15, 0.2) is 0 Å². The molecule has 0 aromatic heterocycles. The number of aliphatic hydroxyl groups is 1. The molecule has 0 bridgehead atoms. The molecular formula is C12H15BrN2O2. The van der Waals surface area contributed by atoms with Crippen molar-refractivity contribution in [3.8, 4) is 0 Å². The topological polar surface area (TPSA) is 52.6 Å². The zero-order valence-corrected chi connectivity index (χ0v) is 11.2. The van der Waals surface area contributed by atoms with Crippen LogP contribution in [-0.2, 0) is 0 Å². The molecule has 1 atom stereocenters. The molecule has 4 nitrogen and oxygen atoms in total. The molecule has 2 N–H and O–H groups in total. The highest BCUT2D eigenvalue weighted by atomic mass is 79.9. The predicted molar refractivity (Wildman–Crippen MR) is 70.1 cm³/mol. The number of β-amino-alcohol motifs (C(OH)–C–C–N with tert-alkyl or cyclic N) is 1. The van der Waals surface area contributed by atoms with Crippen LogP contribution in [0, 0.1) is 6.92 Å². The number of aliphatic hydroxyl groups excluding tert-OH is 1. The van der Waals surface area contributed by atoms with Crippen LogP contribution in [0.15, 0.2) is 22.7 Å². The van der Waals surface area contributed by atoms with Gasteiger partial charge in [-0.15, -0.1) is 0 Å². The highest BCUT2D eigenvalue weighted by Gasteiger charge is 2.24. The Kier molecular flexibility index (Phi) is 3.69. The molecule has 2 rings (SSSR count). The molecule has 1 aromatic rings. The van der Waals surface area contributed by atoms with E-state index in [0.29, 0.717) is 19.5 Å². The van der Waals surface area contributed by atoms with Gasteiger partial charge in [0.1, 0.15) is 0 Å². The summed E-state index contributed by atoms with van der Waals surface area (Å²) in [5.41, 5.74) is 1.85. The molecule has 0 spiro atoms. The van der Waals surface area contributed by atoms with Crippen LogP contribution < -0.4 is 5.32 Å². The summed E-state index contributed by atoms with van der Waals surface area (Å²) >= 11 is 3.41. The molecular weight excluding hydrogens is 284 g/mol. The van der Waals surface area contributed by atoms with E-state index in [4.69, 9.17) is 0 Å². The van der Waals surface area contributed by atoms with E-state index in [-0.39, 0.29) is 12.1 Å². The van der Waals surface area contributed by atoms with Crippen molar-refractivity contribution in [2.45, 2.75) is 19.4 Å². The van der Waals surface area contributed by atoms with Gasteiger partial charge in [-0.05, 0) is 37.1 Å². The minimum absolute atomic E-state index is 0.150. The zero-order chi connectivity index (χ0) is 12.4. The van der Waals surface area contributed by atoms with Gasteiger partial charge < -0.3 is 15.3 Å². The molecule has 0 saturated carbocycles. The van der Waals surface area contributed by atoms with Gasteiger partial charge in [-0.2, -0.15) is 0 Å². The van der Waals surface area contributed by atoms with Gasteiger partial charge in [0.2, 0.25) is 0 Å². The van der Waals surface area contributed by atoms with Crippen molar-refractivity contribution < 1.29 is 9.90 Å². The smallest absolute Gasteiger partial charge is 0.321 e. The van der Waals surface area contributed by atoms with Crippen LogP contribution in [0.25, 0.3) is 0 Å². The lowest BCUT2D eigenvalue weighted by Crippen LogP contribution is -2.33. The third kappa shape index (κ3) is 2.98. The van der Waals surface area contributed by atoms with Crippen molar-refractivity contribution >= 4 is 27.6 Å². The molecule has 1 fully saturated rings. The molecule has 0 radical (unpaired) electrons. The Morgan fingerprint density at radius 1 is 1.59 bits per heavy atom. The van der Waals surface area contributed by atoms with E-state index in [1.54, 1.807) is 4.90 Å². The molecule has 2 amide bonds. The third-order valence-electron chi connectivity index (χ3n) is 2.86. The summed E-state index contributed by atoms with van der Waals surface area (Å²) in [5.74, 6) is 0. The zero-order valence-electron chi connectivity index (χ0n) is 9.61. The van der Waals surface area contributed by atoms with Crippen LogP contribution in [0.2, 0.25) is 0 Å². The number of urea groups is 1. The summed E-state index contributed by atoms with van der Waals surface area (Å²) in [6.45, 7) is 3.00. The first-order valence-electron chi connectivity index (χ1n) is 5.56. The van der Waals surface area contributed by atoms with E-state index >= 15 is 0 Å². The van der Waals surface area contributed by atoms with Gasteiger partial charge in [0, 0.05) is 23.2 Å². The third-order valence-corrected chi connectivity index (χ3v) is 3.75. The van der Waals surface area contributed by atoms with E-state index in [1.807, 2.05) is 25.1 Å². The molecule has 1 saturated heterocycles. The molecule has 92 valence electrons. The Morgan fingerprint density at radius 2 is 2.35 bits per heavy atom. The SMILES string of the molecule is Cc1cc(NC(=O)N2CC[C@H](O)C2)ccc1Br. The molecule has 1 heterocycles. The monoisotopic (exact) mass is 298 g/mol. The maximum atomic E-state index is 11.8. The highest BCUT2D eigenvalue weighted by Crippen LogP contribution is 2.20. The normalized spacial score (nSPS) is 19.5. The van der Waals surface area contributed by atoms with E-state index in [9.17, 15) is 9.90 Å². The Balaban J connectivity index is 2.00. The van der Waals surface area contributed by atoms with Gasteiger partial charge in [-0.1, -0.05) is 15.9 Å². The lowest BCUT2D eigenvalue weighted by Gasteiger charge is -2.16. The minimum atomic E-state index is -0.382. The first-order valence-corrected chi connectivity index (χ1v) is 6.35. The molecule has 1 aliphatic rings. The van der Waals surface area contributed by atoms with Crippen molar-refractivity contribution in [2.75, 3.05) is 18.4 Å². The first-order chi connectivity index (χ1) is 8.06. The van der Waals surface area contributed by atoms with E-state index in [0.717, 1.165) is 15.7 Å². The second-order valence-corrected chi connectivity index (χ2v) is 5.14. The fraction of sp³-hybridized carbons (Fsp3) is 0.417. The Hall–Kier alpha value is -1.07. The average molecular weight is 299 g/mol. The number of aryl methyl sites for hydroxylation is 1. The first kappa shape index (κ1) is 12.4. The number of nitrogens with zero attached hydrogens (tertiary/aromatic N) is 1. The summed E-state index contributed by atoms with van der Waals surface area (Å²) in [7, 11) is 0. The van der Waals surface area contributed by atoms with Crippen LogP contribution in [0.1, 0.15) is 12.0 Å². The number of benzene rings is 1. The Bertz CT molecular complexity index is 437. The Morgan fingerprint density at radius 3 is 2.94 bits per heavy atom. The van der Waals surface area contributed by atoms with Gasteiger partial charge >= 0.3 is 6.03 Å². The summed E-state index contributed by atoms with van der Waals surface area (Å²) in [4.78, 5) is 13.5. The number of carbonyl (C=O) groups is 1. The van der Waals surface area contributed by atoms with Crippen LogP contribution >= 0.6 is 15.9 Å². The largest absolute Gasteiger partial charge is 0.391 e. The van der Waals surface area contributed by atoms with Gasteiger partial charge in [0.05, 0.1) is 6.10 Å². The van der Waals surface area contributed by atoms with Crippen LogP contribution in [-0.4, -0.2) is 35.2 Å².